The second kappa shape index (κ2) is 6.00. The third-order valence-corrected chi connectivity index (χ3v) is 4.89. The van der Waals surface area contributed by atoms with Crippen LogP contribution in [-0.2, 0) is 11.8 Å². The number of aromatic nitrogens is 3. The first-order valence-corrected chi connectivity index (χ1v) is 8.25. The average molecular weight is 340 g/mol. The minimum absolute atomic E-state index is 0.00679. The van der Waals surface area contributed by atoms with Gasteiger partial charge in [0.05, 0.1) is 17.7 Å². The topological polar surface area (TPSA) is 73.4 Å². The van der Waals surface area contributed by atoms with Gasteiger partial charge in [0.25, 0.3) is 5.91 Å². The average Bonchev–Trinajstić information content (AvgIpc) is 3.31. The molecule has 130 valence electrons. The van der Waals surface area contributed by atoms with Gasteiger partial charge in [0.15, 0.2) is 5.76 Å². The Kier molecular flexibility index (Phi) is 3.80. The number of nitrogens with zero attached hydrogens (tertiary/aromatic N) is 4. The summed E-state index contributed by atoms with van der Waals surface area (Å²) in [7, 11) is 3.49. The lowest BCUT2D eigenvalue weighted by atomic mass is 10.0. The third kappa shape index (κ3) is 2.60. The predicted molar refractivity (Wildman–Crippen MR) is 91.4 cm³/mol. The Morgan fingerprint density at radius 1 is 1.32 bits per heavy atom. The van der Waals surface area contributed by atoms with E-state index in [4.69, 9.17) is 9.15 Å². The van der Waals surface area contributed by atoms with Crippen molar-refractivity contribution in [2.45, 2.75) is 18.9 Å². The molecule has 4 rings (SSSR count). The molecule has 0 saturated carbocycles. The number of aryl methyl sites for hydroxylation is 2. The number of rotatable bonds is 3. The molecule has 0 aliphatic carbocycles. The van der Waals surface area contributed by atoms with Crippen LogP contribution in [0.25, 0.3) is 11.0 Å². The fourth-order valence-electron chi connectivity index (χ4n) is 3.52. The van der Waals surface area contributed by atoms with Crippen molar-refractivity contribution in [1.29, 1.82) is 0 Å². The highest BCUT2D eigenvalue weighted by Gasteiger charge is 2.39. The Morgan fingerprint density at radius 3 is 2.80 bits per heavy atom. The molecule has 2 aromatic heterocycles. The zero-order chi connectivity index (χ0) is 17.6. The molecule has 0 bridgehead atoms. The van der Waals surface area contributed by atoms with Gasteiger partial charge in [-0.3, -0.25) is 9.48 Å². The standard InChI is InChI=1S/C18H20N4O3/c1-11-12-6-4-5-7-15(12)25-17(11)18(23)22-8-13(16(10-22)24-3)14-9-21(2)20-19-14/h4-7,9,13,16H,8,10H2,1-3H3/t13-,16+/m0/s1. The lowest BCUT2D eigenvalue weighted by Gasteiger charge is -2.14. The molecule has 1 aliphatic rings. The summed E-state index contributed by atoms with van der Waals surface area (Å²) in [5, 5.41) is 9.15. The molecular formula is C18H20N4O3. The maximum atomic E-state index is 13.0. The Labute approximate surface area is 145 Å². The number of likely N-dealkylation sites (tertiary alicyclic amines) is 1. The van der Waals surface area contributed by atoms with Crippen LogP contribution in [0.15, 0.2) is 34.9 Å². The largest absolute Gasteiger partial charge is 0.451 e. The van der Waals surface area contributed by atoms with E-state index in [-0.39, 0.29) is 17.9 Å². The number of methoxy groups -OCH3 is 1. The lowest BCUT2D eigenvalue weighted by Crippen LogP contribution is -2.30. The van der Waals surface area contributed by atoms with Gasteiger partial charge in [-0.2, -0.15) is 0 Å². The first-order chi connectivity index (χ1) is 12.1. The highest BCUT2D eigenvalue weighted by Crippen LogP contribution is 2.31. The van der Waals surface area contributed by atoms with Crippen molar-refractivity contribution in [1.82, 2.24) is 19.9 Å². The molecule has 3 aromatic rings. The van der Waals surface area contributed by atoms with Gasteiger partial charge in [-0.05, 0) is 13.0 Å². The fraction of sp³-hybridized carbons (Fsp3) is 0.389. The third-order valence-electron chi connectivity index (χ3n) is 4.89. The maximum absolute atomic E-state index is 13.0. The molecule has 7 heteroatoms. The SMILES string of the molecule is CO[C@@H]1CN(C(=O)c2oc3ccccc3c2C)C[C@H]1c1cn(C)nn1. The number of fused-ring (bicyclic) bond motifs is 1. The summed E-state index contributed by atoms with van der Waals surface area (Å²) in [6.45, 7) is 2.96. The van der Waals surface area contributed by atoms with Crippen LogP contribution in [0.5, 0.6) is 0 Å². The summed E-state index contributed by atoms with van der Waals surface area (Å²) >= 11 is 0. The first kappa shape index (κ1) is 15.8. The van der Waals surface area contributed by atoms with E-state index in [2.05, 4.69) is 10.3 Å². The number of carbonyl (C=O) groups is 1. The minimum Gasteiger partial charge on any atom is -0.451 e. The van der Waals surface area contributed by atoms with Gasteiger partial charge in [0, 0.05) is 44.4 Å². The highest BCUT2D eigenvalue weighted by molar-refractivity contribution is 5.99. The Balaban J connectivity index is 1.63. The van der Waals surface area contributed by atoms with E-state index in [0.717, 1.165) is 22.2 Å². The second-order valence-corrected chi connectivity index (χ2v) is 6.46. The molecule has 1 fully saturated rings. The fourth-order valence-corrected chi connectivity index (χ4v) is 3.52. The van der Waals surface area contributed by atoms with Gasteiger partial charge in [0.2, 0.25) is 0 Å². The zero-order valence-corrected chi connectivity index (χ0v) is 14.5. The van der Waals surface area contributed by atoms with Crippen LogP contribution in [-0.4, -0.2) is 52.1 Å². The van der Waals surface area contributed by atoms with Crippen LogP contribution in [0.4, 0.5) is 0 Å². The van der Waals surface area contributed by atoms with Crippen molar-refractivity contribution in [3.8, 4) is 0 Å². The highest BCUT2D eigenvalue weighted by atomic mass is 16.5. The number of para-hydroxylation sites is 1. The molecule has 3 heterocycles. The predicted octanol–water partition coefficient (Wildman–Crippen LogP) is 2.12. The van der Waals surface area contributed by atoms with Crippen molar-refractivity contribution in [2.75, 3.05) is 20.2 Å². The van der Waals surface area contributed by atoms with Crippen LogP contribution in [0.2, 0.25) is 0 Å². The number of amides is 1. The monoisotopic (exact) mass is 340 g/mol. The molecule has 0 spiro atoms. The van der Waals surface area contributed by atoms with E-state index >= 15 is 0 Å². The Morgan fingerprint density at radius 2 is 2.12 bits per heavy atom. The van der Waals surface area contributed by atoms with E-state index in [0.29, 0.717) is 18.8 Å². The van der Waals surface area contributed by atoms with E-state index < -0.39 is 0 Å². The molecule has 1 saturated heterocycles. The molecule has 1 amide bonds. The summed E-state index contributed by atoms with van der Waals surface area (Å²) in [6.07, 6.45) is 1.77. The first-order valence-electron chi connectivity index (χ1n) is 8.25. The van der Waals surface area contributed by atoms with E-state index in [1.807, 2.05) is 44.4 Å². The van der Waals surface area contributed by atoms with Crippen LogP contribution in [0.3, 0.4) is 0 Å². The lowest BCUT2D eigenvalue weighted by molar-refractivity contribution is 0.0689. The Hall–Kier alpha value is -2.67. The summed E-state index contributed by atoms with van der Waals surface area (Å²) in [5.41, 5.74) is 2.44. The van der Waals surface area contributed by atoms with Crippen molar-refractivity contribution < 1.29 is 13.9 Å². The maximum Gasteiger partial charge on any atom is 0.289 e. The van der Waals surface area contributed by atoms with Gasteiger partial charge in [-0.25, -0.2) is 0 Å². The van der Waals surface area contributed by atoms with E-state index in [1.165, 1.54) is 0 Å². The molecule has 7 nitrogen and oxygen atoms in total. The van der Waals surface area contributed by atoms with E-state index in [9.17, 15) is 4.79 Å². The molecule has 0 unspecified atom stereocenters. The molecule has 25 heavy (non-hydrogen) atoms. The van der Waals surface area contributed by atoms with Crippen LogP contribution >= 0.6 is 0 Å². The van der Waals surface area contributed by atoms with Gasteiger partial charge in [0.1, 0.15) is 5.58 Å². The number of benzene rings is 1. The second-order valence-electron chi connectivity index (χ2n) is 6.46. The smallest absolute Gasteiger partial charge is 0.289 e. The van der Waals surface area contributed by atoms with Gasteiger partial charge in [-0.15, -0.1) is 5.10 Å². The summed E-state index contributed by atoms with van der Waals surface area (Å²) in [6, 6.07) is 7.69. The number of ether oxygens (including phenoxy) is 1. The number of furan rings is 1. The number of carbonyl (C=O) groups excluding carboxylic acids is 1. The zero-order valence-electron chi connectivity index (χ0n) is 14.5. The summed E-state index contributed by atoms with van der Waals surface area (Å²) in [4.78, 5) is 14.8. The molecule has 1 aliphatic heterocycles. The molecule has 0 N–H and O–H groups in total. The summed E-state index contributed by atoms with van der Waals surface area (Å²) < 4.78 is 13.1. The Bertz CT molecular complexity index is 929. The molecule has 1 aromatic carbocycles. The quantitative estimate of drug-likeness (QED) is 0.730. The molecule has 0 radical (unpaired) electrons. The van der Waals surface area contributed by atoms with Gasteiger partial charge >= 0.3 is 0 Å². The number of hydrogen-bond donors (Lipinski definition) is 0. The van der Waals surface area contributed by atoms with Crippen molar-refractivity contribution in [3.63, 3.8) is 0 Å². The van der Waals surface area contributed by atoms with Crippen molar-refractivity contribution in [3.05, 3.63) is 47.5 Å². The van der Waals surface area contributed by atoms with Crippen molar-refractivity contribution >= 4 is 16.9 Å². The minimum atomic E-state index is -0.109. The molecule has 2 atom stereocenters. The van der Waals surface area contributed by atoms with E-state index in [1.54, 1.807) is 16.7 Å². The van der Waals surface area contributed by atoms with Gasteiger partial charge < -0.3 is 14.1 Å². The van der Waals surface area contributed by atoms with Crippen LogP contribution < -0.4 is 0 Å². The van der Waals surface area contributed by atoms with Crippen LogP contribution in [0, 0.1) is 6.92 Å². The molecular weight excluding hydrogens is 320 g/mol. The normalized spacial score (nSPS) is 20.5. The van der Waals surface area contributed by atoms with Crippen LogP contribution in [0.1, 0.15) is 27.7 Å². The number of hydrogen-bond acceptors (Lipinski definition) is 5. The van der Waals surface area contributed by atoms with Gasteiger partial charge in [-0.1, -0.05) is 23.4 Å². The summed E-state index contributed by atoms with van der Waals surface area (Å²) in [5.74, 6) is 0.297. The van der Waals surface area contributed by atoms with Crippen molar-refractivity contribution in [2.24, 2.45) is 7.05 Å².